The highest BCUT2D eigenvalue weighted by Crippen LogP contribution is 2.33. The Bertz CT molecular complexity index is 213. The van der Waals surface area contributed by atoms with Crippen molar-refractivity contribution in [3.63, 3.8) is 0 Å². The molecule has 0 heterocycles. The molecule has 0 fully saturated rings. The highest BCUT2D eigenvalue weighted by molar-refractivity contribution is 5.78. The summed E-state index contributed by atoms with van der Waals surface area (Å²) in [5.41, 5.74) is -0.556. The van der Waals surface area contributed by atoms with Crippen LogP contribution in [0.5, 0.6) is 0 Å². The molecule has 0 aromatic carbocycles. The van der Waals surface area contributed by atoms with E-state index in [2.05, 4.69) is 13.5 Å². The number of esters is 1. The van der Waals surface area contributed by atoms with Crippen LogP contribution in [0.3, 0.4) is 0 Å². The van der Waals surface area contributed by atoms with Crippen LogP contribution in [0.15, 0.2) is 12.7 Å². The minimum Gasteiger partial charge on any atom is -0.468 e. The van der Waals surface area contributed by atoms with Crippen molar-refractivity contribution in [2.45, 2.75) is 45.4 Å². The zero-order valence-corrected chi connectivity index (χ0v) is 10.5. The predicted octanol–water partition coefficient (Wildman–Crippen LogP) is 2.68. The van der Waals surface area contributed by atoms with E-state index < -0.39 is 5.41 Å². The van der Waals surface area contributed by atoms with Gasteiger partial charge in [-0.3, -0.25) is 4.79 Å². The summed E-state index contributed by atoms with van der Waals surface area (Å²) >= 11 is 0. The van der Waals surface area contributed by atoms with E-state index in [1.165, 1.54) is 7.11 Å². The Hall–Kier alpha value is -0.830. The third-order valence-electron chi connectivity index (χ3n) is 2.99. The van der Waals surface area contributed by atoms with Crippen molar-refractivity contribution in [2.24, 2.45) is 5.41 Å². The van der Waals surface area contributed by atoms with E-state index >= 15 is 0 Å². The van der Waals surface area contributed by atoms with Gasteiger partial charge in [-0.05, 0) is 25.7 Å². The van der Waals surface area contributed by atoms with E-state index in [0.29, 0.717) is 6.42 Å². The summed E-state index contributed by atoms with van der Waals surface area (Å²) in [5.74, 6) is -0.200. The van der Waals surface area contributed by atoms with E-state index in [0.717, 1.165) is 32.1 Å². The van der Waals surface area contributed by atoms with Crippen molar-refractivity contribution in [3.8, 4) is 0 Å². The third kappa shape index (κ3) is 4.35. The molecule has 0 saturated carbocycles. The van der Waals surface area contributed by atoms with Gasteiger partial charge in [-0.2, -0.15) is 0 Å². The number of aliphatic hydroxyl groups excluding tert-OH is 1. The topological polar surface area (TPSA) is 46.5 Å². The predicted molar refractivity (Wildman–Crippen MR) is 65.1 cm³/mol. The van der Waals surface area contributed by atoms with Crippen molar-refractivity contribution in [1.82, 2.24) is 0 Å². The van der Waals surface area contributed by atoms with Gasteiger partial charge in [0.15, 0.2) is 0 Å². The van der Waals surface area contributed by atoms with E-state index in [9.17, 15) is 4.79 Å². The highest BCUT2D eigenvalue weighted by Gasteiger charge is 2.34. The molecule has 0 radical (unpaired) electrons. The first kappa shape index (κ1) is 15.2. The minimum atomic E-state index is -0.556. The molecule has 16 heavy (non-hydrogen) atoms. The molecule has 0 rings (SSSR count). The van der Waals surface area contributed by atoms with Gasteiger partial charge >= 0.3 is 5.97 Å². The second kappa shape index (κ2) is 8.34. The summed E-state index contributed by atoms with van der Waals surface area (Å²) in [7, 11) is 1.42. The van der Waals surface area contributed by atoms with Crippen molar-refractivity contribution >= 4 is 5.97 Å². The molecule has 1 atom stereocenters. The summed E-state index contributed by atoms with van der Waals surface area (Å²) in [6.07, 6.45) is 6.79. The minimum absolute atomic E-state index is 0.169. The molecule has 0 amide bonds. The summed E-state index contributed by atoms with van der Waals surface area (Å²) in [6.45, 7) is 6.04. The molecule has 0 aliphatic rings. The number of carbonyl (C=O) groups is 1. The van der Waals surface area contributed by atoms with E-state index in [-0.39, 0.29) is 12.6 Å². The first-order valence-electron chi connectivity index (χ1n) is 5.99. The van der Waals surface area contributed by atoms with Crippen LogP contribution in [0, 0.1) is 5.41 Å². The van der Waals surface area contributed by atoms with Crippen LogP contribution >= 0.6 is 0 Å². The Morgan fingerprint density at radius 1 is 1.38 bits per heavy atom. The lowest BCUT2D eigenvalue weighted by atomic mass is 9.78. The Balaban J connectivity index is 4.53. The highest BCUT2D eigenvalue weighted by atomic mass is 16.5. The Morgan fingerprint density at radius 3 is 2.44 bits per heavy atom. The third-order valence-corrected chi connectivity index (χ3v) is 2.99. The van der Waals surface area contributed by atoms with Gasteiger partial charge in [0.25, 0.3) is 0 Å². The number of hydrogen-bond acceptors (Lipinski definition) is 3. The van der Waals surface area contributed by atoms with Gasteiger partial charge < -0.3 is 9.84 Å². The summed E-state index contributed by atoms with van der Waals surface area (Å²) in [5, 5.41) is 8.77. The quantitative estimate of drug-likeness (QED) is 0.375. The lowest BCUT2D eigenvalue weighted by Crippen LogP contribution is -2.30. The lowest BCUT2D eigenvalue weighted by Gasteiger charge is -2.27. The molecular formula is C13H24O3. The maximum absolute atomic E-state index is 11.8. The van der Waals surface area contributed by atoms with Crippen LogP contribution in [0.25, 0.3) is 0 Å². The largest absolute Gasteiger partial charge is 0.468 e. The molecule has 0 aromatic heterocycles. The monoisotopic (exact) mass is 228 g/mol. The molecule has 0 saturated heterocycles. The molecule has 1 unspecified atom stereocenters. The SMILES string of the molecule is C=CC(CCCC)(CCCCO)C(=O)OC. The summed E-state index contributed by atoms with van der Waals surface area (Å²) in [4.78, 5) is 11.8. The second-order valence-corrected chi connectivity index (χ2v) is 4.14. The van der Waals surface area contributed by atoms with Crippen LogP contribution in [0.2, 0.25) is 0 Å². The smallest absolute Gasteiger partial charge is 0.315 e. The van der Waals surface area contributed by atoms with Gasteiger partial charge in [-0.15, -0.1) is 6.58 Å². The van der Waals surface area contributed by atoms with Crippen LogP contribution in [-0.4, -0.2) is 24.8 Å². The number of aliphatic hydroxyl groups is 1. The molecular weight excluding hydrogens is 204 g/mol. The maximum Gasteiger partial charge on any atom is 0.315 e. The fraction of sp³-hybridized carbons (Fsp3) is 0.769. The molecule has 0 spiro atoms. The molecule has 94 valence electrons. The number of methoxy groups -OCH3 is 1. The first-order chi connectivity index (χ1) is 7.66. The number of carbonyl (C=O) groups excluding carboxylic acids is 1. The Labute approximate surface area is 98.5 Å². The van der Waals surface area contributed by atoms with Crippen molar-refractivity contribution in [3.05, 3.63) is 12.7 Å². The molecule has 3 nitrogen and oxygen atoms in total. The second-order valence-electron chi connectivity index (χ2n) is 4.14. The van der Waals surface area contributed by atoms with Crippen molar-refractivity contribution in [2.75, 3.05) is 13.7 Å². The Kier molecular flexibility index (Phi) is 7.90. The number of hydrogen-bond donors (Lipinski definition) is 1. The molecule has 0 bridgehead atoms. The van der Waals surface area contributed by atoms with Crippen LogP contribution in [0.4, 0.5) is 0 Å². The lowest BCUT2D eigenvalue weighted by molar-refractivity contribution is -0.150. The molecule has 0 aliphatic carbocycles. The summed E-state index contributed by atoms with van der Waals surface area (Å²) < 4.78 is 4.86. The standard InChI is InChI=1S/C13H24O3/c1-4-6-9-13(5-2,12(15)16-3)10-7-8-11-14/h5,14H,2,4,6-11H2,1,3H3. The number of unbranched alkanes of at least 4 members (excludes halogenated alkanes) is 2. The van der Waals surface area contributed by atoms with E-state index in [1.54, 1.807) is 6.08 Å². The average Bonchev–Trinajstić information content (AvgIpc) is 2.33. The van der Waals surface area contributed by atoms with Gasteiger partial charge in [0.05, 0.1) is 12.5 Å². The van der Waals surface area contributed by atoms with Gasteiger partial charge in [-0.1, -0.05) is 25.8 Å². The number of ether oxygens (including phenoxy) is 1. The first-order valence-corrected chi connectivity index (χ1v) is 5.99. The average molecular weight is 228 g/mol. The molecule has 3 heteroatoms. The Morgan fingerprint density at radius 2 is 2.00 bits per heavy atom. The van der Waals surface area contributed by atoms with Gasteiger partial charge in [0.2, 0.25) is 0 Å². The van der Waals surface area contributed by atoms with Gasteiger partial charge in [0.1, 0.15) is 0 Å². The van der Waals surface area contributed by atoms with Crippen molar-refractivity contribution < 1.29 is 14.6 Å². The van der Waals surface area contributed by atoms with Gasteiger partial charge in [-0.25, -0.2) is 0 Å². The molecule has 0 aliphatic heterocycles. The molecule has 1 N–H and O–H groups in total. The maximum atomic E-state index is 11.8. The fourth-order valence-corrected chi connectivity index (χ4v) is 1.86. The fourth-order valence-electron chi connectivity index (χ4n) is 1.86. The number of rotatable bonds is 9. The van der Waals surface area contributed by atoms with Crippen molar-refractivity contribution in [1.29, 1.82) is 0 Å². The van der Waals surface area contributed by atoms with Crippen LogP contribution in [-0.2, 0) is 9.53 Å². The van der Waals surface area contributed by atoms with Crippen LogP contribution < -0.4 is 0 Å². The molecule has 0 aromatic rings. The van der Waals surface area contributed by atoms with E-state index in [4.69, 9.17) is 9.84 Å². The zero-order valence-electron chi connectivity index (χ0n) is 10.5. The van der Waals surface area contributed by atoms with Gasteiger partial charge in [0, 0.05) is 6.61 Å². The van der Waals surface area contributed by atoms with Crippen LogP contribution in [0.1, 0.15) is 45.4 Å². The zero-order chi connectivity index (χ0) is 12.4. The van der Waals surface area contributed by atoms with E-state index in [1.807, 2.05) is 0 Å². The normalized spacial score (nSPS) is 14.2. The summed E-state index contributed by atoms with van der Waals surface area (Å²) in [6, 6.07) is 0.